The summed E-state index contributed by atoms with van der Waals surface area (Å²) in [5, 5.41) is 2.91. The first-order valence-electron chi connectivity index (χ1n) is 11.7. The topological polar surface area (TPSA) is 107 Å². The van der Waals surface area contributed by atoms with Crippen LogP contribution < -0.4 is 19.7 Å². The number of piperidine rings is 1. The first-order valence-corrected chi connectivity index (χ1v) is 14.0. The molecular formula is C24H27N3O6S2. The molecule has 11 heteroatoms. The molecule has 1 fully saturated rings. The van der Waals surface area contributed by atoms with Crippen molar-refractivity contribution in [1.82, 2.24) is 8.87 Å². The van der Waals surface area contributed by atoms with Gasteiger partial charge in [-0.05, 0) is 49.6 Å². The van der Waals surface area contributed by atoms with E-state index < -0.39 is 10.0 Å². The first-order chi connectivity index (χ1) is 16.9. The lowest BCUT2D eigenvalue weighted by atomic mass is 9.97. The highest BCUT2D eigenvalue weighted by Crippen LogP contribution is 2.33. The van der Waals surface area contributed by atoms with Crippen LogP contribution in [0.1, 0.15) is 26.2 Å². The molecule has 1 N–H and O–H groups in total. The Morgan fingerprint density at radius 2 is 1.83 bits per heavy atom. The molecule has 1 amide bonds. The van der Waals surface area contributed by atoms with Gasteiger partial charge in [0.05, 0.1) is 15.1 Å². The lowest BCUT2D eigenvalue weighted by Gasteiger charge is -2.30. The molecule has 3 heterocycles. The molecule has 0 radical (unpaired) electrons. The molecule has 0 unspecified atom stereocenters. The molecule has 2 aromatic carbocycles. The maximum absolute atomic E-state index is 13.3. The van der Waals surface area contributed by atoms with Gasteiger partial charge in [0.15, 0.2) is 11.5 Å². The predicted molar refractivity (Wildman–Crippen MR) is 134 cm³/mol. The fraction of sp³-hybridized carbons (Fsp3) is 0.417. The fourth-order valence-electron chi connectivity index (χ4n) is 4.52. The molecule has 0 aliphatic carbocycles. The van der Waals surface area contributed by atoms with Crippen molar-refractivity contribution >= 4 is 43.2 Å². The fourth-order valence-corrected chi connectivity index (χ4v) is 7.04. The van der Waals surface area contributed by atoms with Crippen LogP contribution in [-0.2, 0) is 21.4 Å². The smallest absolute Gasteiger partial charge is 0.308 e. The zero-order valence-electron chi connectivity index (χ0n) is 19.4. The highest BCUT2D eigenvalue weighted by Gasteiger charge is 2.32. The van der Waals surface area contributed by atoms with Crippen molar-refractivity contribution in [3.8, 4) is 11.5 Å². The third-order valence-corrected chi connectivity index (χ3v) is 9.20. The van der Waals surface area contributed by atoms with E-state index in [4.69, 9.17) is 9.47 Å². The van der Waals surface area contributed by atoms with Gasteiger partial charge in [-0.25, -0.2) is 8.42 Å². The summed E-state index contributed by atoms with van der Waals surface area (Å²) >= 11 is 1.06. The highest BCUT2D eigenvalue weighted by molar-refractivity contribution is 7.89. The van der Waals surface area contributed by atoms with Gasteiger partial charge in [0.25, 0.3) is 0 Å². The summed E-state index contributed by atoms with van der Waals surface area (Å²) in [5.41, 5.74) is 1.38. The Kier molecular flexibility index (Phi) is 6.56. The van der Waals surface area contributed by atoms with E-state index in [0.717, 1.165) is 23.3 Å². The van der Waals surface area contributed by atoms with Crippen molar-refractivity contribution in [1.29, 1.82) is 0 Å². The minimum Gasteiger partial charge on any atom is -0.486 e. The molecule has 2 aliphatic heterocycles. The van der Waals surface area contributed by atoms with Crippen LogP contribution in [0.15, 0.2) is 46.1 Å². The average Bonchev–Trinajstić information content (AvgIpc) is 3.18. The van der Waals surface area contributed by atoms with E-state index >= 15 is 0 Å². The van der Waals surface area contributed by atoms with E-state index in [1.54, 1.807) is 41.0 Å². The SMILES string of the molecule is CCCn1c(=O)sc2cc(S(=O)(=O)N3CCC(C(=O)Nc4ccc5c(c4)OCCO5)CC3)ccc21. The predicted octanol–water partition coefficient (Wildman–Crippen LogP) is 3.28. The number of hydrogen-bond donors (Lipinski definition) is 1. The zero-order valence-corrected chi connectivity index (χ0v) is 21.0. The van der Waals surface area contributed by atoms with Crippen molar-refractivity contribution in [2.24, 2.45) is 5.92 Å². The van der Waals surface area contributed by atoms with Crippen molar-refractivity contribution in [2.45, 2.75) is 37.6 Å². The summed E-state index contributed by atoms with van der Waals surface area (Å²) < 4.78 is 41.4. The number of fused-ring (bicyclic) bond motifs is 2. The number of amides is 1. The van der Waals surface area contributed by atoms with Gasteiger partial charge in [0.1, 0.15) is 13.2 Å². The maximum atomic E-state index is 13.3. The number of nitrogens with zero attached hydrogens (tertiary/aromatic N) is 2. The van der Waals surface area contributed by atoms with E-state index in [1.807, 2.05) is 6.92 Å². The molecule has 1 aromatic heterocycles. The van der Waals surface area contributed by atoms with Gasteiger partial charge in [-0.2, -0.15) is 4.31 Å². The van der Waals surface area contributed by atoms with Crippen molar-refractivity contribution in [3.05, 3.63) is 46.1 Å². The third-order valence-electron chi connectivity index (χ3n) is 6.36. The van der Waals surface area contributed by atoms with Crippen LogP contribution in [0.4, 0.5) is 5.69 Å². The van der Waals surface area contributed by atoms with Crippen LogP contribution in [-0.4, -0.2) is 49.5 Å². The van der Waals surface area contributed by atoms with E-state index in [-0.39, 0.29) is 34.7 Å². The van der Waals surface area contributed by atoms with E-state index in [0.29, 0.717) is 54.5 Å². The van der Waals surface area contributed by atoms with Crippen LogP contribution in [0.2, 0.25) is 0 Å². The largest absolute Gasteiger partial charge is 0.486 e. The number of anilines is 1. The number of aromatic nitrogens is 1. The minimum atomic E-state index is -3.72. The Morgan fingerprint density at radius 3 is 2.57 bits per heavy atom. The van der Waals surface area contributed by atoms with Gasteiger partial charge < -0.3 is 14.8 Å². The highest BCUT2D eigenvalue weighted by atomic mass is 32.2. The standard InChI is InChI=1S/C24H27N3O6S2/c1-2-9-27-19-5-4-18(15-22(19)34-24(27)29)35(30,31)26-10-7-16(8-11-26)23(28)25-17-3-6-20-21(14-17)33-13-12-32-20/h3-6,14-16H,2,7-13H2,1H3,(H,25,28). The number of carbonyl (C=O) groups excluding carboxylic acids is 1. The molecule has 0 atom stereocenters. The third kappa shape index (κ3) is 4.67. The summed E-state index contributed by atoms with van der Waals surface area (Å²) in [7, 11) is -3.72. The maximum Gasteiger partial charge on any atom is 0.308 e. The summed E-state index contributed by atoms with van der Waals surface area (Å²) in [4.78, 5) is 25.2. The van der Waals surface area contributed by atoms with Crippen molar-refractivity contribution < 1.29 is 22.7 Å². The Morgan fingerprint density at radius 1 is 1.09 bits per heavy atom. The molecule has 9 nitrogen and oxygen atoms in total. The number of carbonyl (C=O) groups is 1. The summed E-state index contributed by atoms with van der Waals surface area (Å²) in [6.45, 7) is 4.08. The summed E-state index contributed by atoms with van der Waals surface area (Å²) in [6.07, 6.45) is 1.68. The molecule has 186 valence electrons. The second-order valence-electron chi connectivity index (χ2n) is 8.68. The number of nitrogens with one attached hydrogen (secondary N) is 1. The first kappa shape index (κ1) is 23.8. The minimum absolute atomic E-state index is 0.0822. The number of sulfonamides is 1. The van der Waals surface area contributed by atoms with Crippen LogP contribution in [0.3, 0.4) is 0 Å². The van der Waals surface area contributed by atoms with E-state index in [9.17, 15) is 18.0 Å². The number of benzene rings is 2. The lowest BCUT2D eigenvalue weighted by Crippen LogP contribution is -2.41. The van der Waals surface area contributed by atoms with Crippen LogP contribution in [0.25, 0.3) is 10.2 Å². The second kappa shape index (κ2) is 9.63. The number of ether oxygens (including phenoxy) is 2. The summed E-state index contributed by atoms with van der Waals surface area (Å²) in [5.74, 6) is 0.828. The molecule has 5 rings (SSSR count). The summed E-state index contributed by atoms with van der Waals surface area (Å²) in [6, 6.07) is 10.1. The van der Waals surface area contributed by atoms with Crippen LogP contribution in [0.5, 0.6) is 11.5 Å². The molecule has 35 heavy (non-hydrogen) atoms. The Labute approximate surface area is 207 Å². The monoisotopic (exact) mass is 517 g/mol. The number of rotatable bonds is 6. The molecule has 3 aromatic rings. The zero-order chi connectivity index (χ0) is 24.6. The van der Waals surface area contributed by atoms with Crippen LogP contribution in [0, 0.1) is 5.92 Å². The van der Waals surface area contributed by atoms with Gasteiger partial charge in [-0.15, -0.1) is 0 Å². The Balaban J connectivity index is 1.24. The molecule has 2 aliphatic rings. The Bertz CT molecular complexity index is 1420. The quantitative estimate of drug-likeness (QED) is 0.538. The lowest BCUT2D eigenvalue weighted by molar-refractivity contribution is -0.120. The molecular weight excluding hydrogens is 490 g/mol. The Hall–Kier alpha value is -2.89. The molecule has 0 spiro atoms. The molecule has 0 bridgehead atoms. The number of hydrogen-bond acceptors (Lipinski definition) is 7. The van der Waals surface area contributed by atoms with Gasteiger partial charge in [-0.1, -0.05) is 18.3 Å². The van der Waals surface area contributed by atoms with E-state index in [1.165, 1.54) is 4.31 Å². The normalized spacial score (nSPS) is 16.9. The molecule has 1 saturated heterocycles. The van der Waals surface area contributed by atoms with Crippen LogP contribution >= 0.6 is 11.3 Å². The van der Waals surface area contributed by atoms with Gasteiger partial charge in [-0.3, -0.25) is 14.2 Å². The van der Waals surface area contributed by atoms with Gasteiger partial charge in [0.2, 0.25) is 15.9 Å². The average molecular weight is 518 g/mol. The van der Waals surface area contributed by atoms with Gasteiger partial charge in [0, 0.05) is 37.3 Å². The number of aryl methyl sites for hydroxylation is 1. The van der Waals surface area contributed by atoms with Gasteiger partial charge >= 0.3 is 4.87 Å². The van der Waals surface area contributed by atoms with Crippen molar-refractivity contribution in [3.63, 3.8) is 0 Å². The van der Waals surface area contributed by atoms with Crippen molar-refractivity contribution in [2.75, 3.05) is 31.6 Å². The number of thiazole rings is 1. The second-order valence-corrected chi connectivity index (χ2v) is 11.6. The van der Waals surface area contributed by atoms with E-state index in [2.05, 4.69) is 5.32 Å². The molecule has 0 saturated carbocycles.